The lowest BCUT2D eigenvalue weighted by atomic mass is 10.0. The minimum Gasteiger partial charge on any atom is -0.257 e. The SMILES string of the molecule is C=CN=C1C=C(Cl)C=CC1=C(C)C. The van der Waals surface area contributed by atoms with Gasteiger partial charge in [0.1, 0.15) is 0 Å². The zero-order valence-corrected chi connectivity index (χ0v) is 8.60. The Morgan fingerprint density at radius 2 is 2.15 bits per heavy atom. The predicted molar refractivity (Wildman–Crippen MR) is 59.1 cm³/mol. The molecule has 68 valence electrons. The molecule has 0 saturated heterocycles. The van der Waals surface area contributed by atoms with Crippen molar-refractivity contribution in [1.82, 2.24) is 0 Å². The lowest BCUT2D eigenvalue weighted by Gasteiger charge is -2.09. The van der Waals surface area contributed by atoms with Crippen molar-refractivity contribution in [3.05, 3.63) is 47.2 Å². The Labute approximate surface area is 83.8 Å². The molecule has 1 rings (SSSR count). The van der Waals surface area contributed by atoms with E-state index in [0.717, 1.165) is 11.3 Å². The van der Waals surface area contributed by atoms with Gasteiger partial charge in [-0.15, -0.1) is 0 Å². The van der Waals surface area contributed by atoms with Crippen molar-refractivity contribution in [3.8, 4) is 0 Å². The number of halogens is 1. The molecule has 2 heteroatoms. The number of rotatable bonds is 1. The summed E-state index contributed by atoms with van der Waals surface area (Å²) in [6.45, 7) is 7.66. The van der Waals surface area contributed by atoms with Crippen LogP contribution in [-0.2, 0) is 0 Å². The summed E-state index contributed by atoms with van der Waals surface area (Å²) < 4.78 is 0. The Bertz CT molecular complexity index is 339. The average Bonchev–Trinajstić information content (AvgIpc) is 2.04. The van der Waals surface area contributed by atoms with Gasteiger partial charge in [-0.05, 0) is 31.6 Å². The number of aliphatic imine (C=N–C) groups is 1. The van der Waals surface area contributed by atoms with E-state index in [1.54, 1.807) is 0 Å². The molecule has 0 bridgehead atoms. The summed E-state index contributed by atoms with van der Waals surface area (Å²) >= 11 is 5.85. The van der Waals surface area contributed by atoms with Gasteiger partial charge in [0.05, 0.1) is 5.71 Å². The van der Waals surface area contributed by atoms with Crippen LogP contribution in [0.1, 0.15) is 13.8 Å². The van der Waals surface area contributed by atoms with Gasteiger partial charge in [0.25, 0.3) is 0 Å². The Morgan fingerprint density at radius 1 is 1.46 bits per heavy atom. The molecule has 0 heterocycles. The third kappa shape index (κ3) is 2.43. The second-order valence-corrected chi connectivity index (χ2v) is 3.41. The van der Waals surface area contributed by atoms with Gasteiger partial charge in [0.15, 0.2) is 0 Å². The maximum absolute atomic E-state index is 5.85. The van der Waals surface area contributed by atoms with E-state index >= 15 is 0 Å². The number of hydrogen-bond acceptors (Lipinski definition) is 1. The summed E-state index contributed by atoms with van der Waals surface area (Å²) in [5.41, 5.74) is 3.21. The van der Waals surface area contributed by atoms with Crippen molar-refractivity contribution < 1.29 is 0 Å². The van der Waals surface area contributed by atoms with E-state index in [0.29, 0.717) is 5.03 Å². The van der Waals surface area contributed by atoms with Gasteiger partial charge in [-0.1, -0.05) is 29.8 Å². The predicted octanol–water partition coefficient (Wildman–Crippen LogP) is 3.60. The first-order valence-electron chi connectivity index (χ1n) is 4.07. The second kappa shape index (κ2) is 4.24. The van der Waals surface area contributed by atoms with Crippen LogP contribution >= 0.6 is 11.6 Å². The third-order valence-corrected chi connectivity index (χ3v) is 1.96. The standard InChI is InChI=1S/C11H12ClN/c1-4-13-11-7-9(12)5-6-10(11)8(2)3/h4-7H,1H2,2-3H3. The Morgan fingerprint density at radius 3 is 2.69 bits per heavy atom. The monoisotopic (exact) mass is 193 g/mol. The largest absolute Gasteiger partial charge is 0.257 e. The normalized spacial score (nSPS) is 18.8. The van der Waals surface area contributed by atoms with E-state index in [4.69, 9.17) is 11.6 Å². The zero-order valence-electron chi connectivity index (χ0n) is 7.84. The van der Waals surface area contributed by atoms with Crippen LogP contribution in [0, 0.1) is 0 Å². The van der Waals surface area contributed by atoms with Crippen LogP contribution in [0.15, 0.2) is 52.2 Å². The highest BCUT2D eigenvalue weighted by molar-refractivity contribution is 6.34. The van der Waals surface area contributed by atoms with E-state index in [1.165, 1.54) is 11.8 Å². The van der Waals surface area contributed by atoms with Gasteiger partial charge in [-0.25, -0.2) is 0 Å². The summed E-state index contributed by atoms with van der Waals surface area (Å²) in [4.78, 5) is 4.15. The molecule has 0 aromatic carbocycles. The molecule has 1 aliphatic rings. The second-order valence-electron chi connectivity index (χ2n) is 2.97. The van der Waals surface area contributed by atoms with Crippen LogP contribution < -0.4 is 0 Å². The molecule has 0 aliphatic heterocycles. The molecule has 1 aliphatic carbocycles. The minimum atomic E-state index is 0.700. The zero-order chi connectivity index (χ0) is 9.84. The molecule has 0 saturated carbocycles. The molecule has 0 amide bonds. The molecule has 0 N–H and O–H groups in total. The van der Waals surface area contributed by atoms with E-state index in [1.807, 2.05) is 32.1 Å². The van der Waals surface area contributed by atoms with Gasteiger partial charge in [-0.2, -0.15) is 0 Å². The smallest absolute Gasteiger partial charge is 0.0715 e. The van der Waals surface area contributed by atoms with E-state index < -0.39 is 0 Å². The van der Waals surface area contributed by atoms with Crippen LogP contribution in [0.3, 0.4) is 0 Å². The van der Waals surface area contributed by atoms with Gasteiger partial charge in [0, 0.05) is 11.2 Å². The summed E-state index contributed by atoms with van der Waals surface area (Å²) in [6, 6.07) is 0. The van der Waals surface area contributed by atoms with E-state index in [2.05, 4.69) is 11.6 Å². The van der Waals surface area contributed by atoms with E-state index in [9.17, 15) is 0 Å². The van der Waals surface area contributed by atoms with Crippen molar-refractivity contribution in [2.24, 2.45) is 4.99 Å². The third-order valence-electron chi connectivity index (χ3n) is 1.73. The molecule has 0 atom stereocenters. The number of allylic oxidation sites excluding steroid dienone is 6. The first-order chi connectivity index (χ1) is 6.15. The van der Waals surface area contributed by atoms with Gasteiger partial charge in [-0.3, -0.25) is 4.99 Å². The average molecular weight is 194 g/mol. The fourth-order valence-electron chi connectivity index (χ4n) is 1.13. The quantitative estimate of drug-likeness (QED) is 0.604. The topological polar surface area (TPSA) is 12.4 Å². The number of hydrogen-bond donors (Lipinski definition) is 0. The fourth-order valence-corrected chi connectivity index (χ4v) is 1.30. The van der Waals surface area contributed by atoms with Crippen molar-refractivity contribution in [2.75, 3.05) is 0 Å². The highest BCUT2D eigenvalue weighted by Crippen LogP contribution is 2.19. The molecule has 0 radical (unpaired) electrons. The molecule has 13 heavy (non-hydrogen) atoms. The summed E-state index contributed by atoms with van der Waals surface area (Å²) in [6.07, 6.45) is 7.20. The molecule has 0 aromatic rings. The number of nitrogens with zero attached hydrogens (tertiary/aromatic N) is 1. The van der Waals surface area contributed by atoms with Gasteiger partial charge < -0.3 is 0 Å². The van der Waals surface area contributed by atoms with Crippen molar-refractivity contribution in [2.45, 2.75) is 13.8 Å². The molecule has 0 aromatic heterocycles. The van der Waals surface area contributed by atoms with Crippen LogP contribution in [-0.4, -0.2) is 5.71 Å². The van der Waals surface area contributed by atoms with Crippen LogP contribution in [0.2, 0.25) is 0 Å². The molecular weight excluding hydrogens is 182 g/mol. The maximum Gasteiger partial charge on any atom is 0.0715 e. The molecule has 0 fully saturated rings. The van der Waals surface area contributed by atoms with Crippen molar-refractivity contribution >= 4 is 17.3 Å². The Balaban J connectivity index is 3.17. The van der Waals surface area contributed by atoms with Crippen LogP contribution in [0.5, 0.6) is 0 Å². The van der Waals surface area contributed by atoms with Gasteiger partial charge in [0.2, 0.25) is 0 Å². The summed E-state index contributed by atoms with van der Waals surface area (Å²) in [5, 5.41) is 0.700. The van der Waals surface area contributed by atoms with Crippen molar-refractivity contribution in [3.63, 3.8) is 0 Å². The van der Waals surface area contributed by atoms with Gasteiger partial charge >= 0.3 is 0 Å². The highest BCUT2D eigenvalue weighted by atomic mass is 35.5. The van der Waals surface area contributed by atoms with E-state index in [-0.39, 0.29) is 0 Å². The summed E-state index contributed by atoms with van der Waals surface area (Å²) in [5.74, 6) is 0. The first-order valence-corrected chi connectivity index (χ1v) is 4.45. The summed E-state index contributed by atoms with van der Waals surface area (Å²) in [7, 11) is 0. The molecule has 1 nitrogen and oxygen atoms in total. The fraction of sp³-hybridized carbons (Fsp3) is 0.182. The Hall–Kier alpha value is -1.08. The molecule has 0 spiro atoms. The first kappa shape index (κ1) is 10.0. The van der Waals surface area contributed by atoms with Crippen molar-refractivity contribution in [1.29, 1.82) is 0 Å². The molecular formula is C11H12ClN. The minimum absolute atomic E-state index is 0.700. The lowest BCUT2D eigenvalue weighted by Crippen LogP contribution is -2.02. The lowest BCUT2D eigenvalue weighted by molar-refractivity contribution is 1.35. The molecule has 0 unspecified atom stereocenters. The maximum atomic E-state index is 5.85. The Kier molecular flexibility index (Phi) is 3.26. The van der Waals surface area contributed by atoms with Crippen LogP contribution in [0.4, 0.5) is 0 Å². The van der Waals surface area contributed by atoms with Crippen LogP contribution in [0.25, 0.3) is 0 Å². The highest BCUT2D eigenvalue weighted by Gasteiger charge is 2.07.